The summed E-state index contributed by atoms with van der Waals surface area (Å²) in [5, 5.41) is 2.98. The van der Waals surface area contributed by atoms with E-state index < -0.39 is 34.4 Å². The summed E-state index contributed by atoms with van der Waals surface area (Å²) >= 11 is 0. The van der Waals surface area contributed by atoms with Crippen LogP contribution in [0.25, 0.3) is 0 Å². The Morgan fingerprint density at radius 3 is 2.48 bits per heavy atom. The van der Waals surface area contributed by atoms with Gasteiger partial charge in [-0.05, 0) is 49.1 Å². The third-order valence-corrected chi connectivity index (χ3v) is 6.38. The summed E-state index contributed by atoms with van der Waals surface area (Å²) in [6.07, 6.45) is 5.32. The average molecular weight is 429 g/mol. The van der Waals surface area contributed by atoms with Crippen molar-refractivity contribution in [1.29, 1.82) is 0 Å². The Morgan fingerprint density at radius 1 is 1.13 bits per heavy atom. The van der Waals surface area contributed by atoms with Crippen LogP contribution in [0.2, 0.25) is 0 Å². The molecule has 4 rings (SSSR count). The number of aromatic nitrogens is 1. The molecule has 0 aliphatic carbocycles. The van der Waals surface area contributed by atoms with Crippen molar-refractivity contribution in [3.8, 4) is 0 Å². The summed E-state index contributed by atoms with van der Waals surface area (Å²) in [5.74, 6) is -3.09. The molecule has 2 aliphatic heterocycles. The fourth-order valence-corrected chi connectivity index (χ4v) is 4.63. The number of hydrogen-bond donors (Lipinski definition) is 1. The largest absolute Gasteiger partial charge is 0.381 e. The number of rotatable bonds is 5. The van der Waals surface area contributed by atoms with E-state index in [1.807, 2.05) is 12.1 Å². The molecule has 6 nitrogen and oxygen atoms in total. The highest BCUT2D eigenvalue weighted by Gasteiger charge is 2.52. The smallest absolute Gasteiger partial charge is 0.259 e. The van der Waals surface area contributed by atoms with Crippen molar-refractivity contribution in [3.63, 3.8) is 0 Å². The number of carbonyl (C=O) groups excluding carboxylic acids is 2. The molecule has 31 heavy (non-hydrogen) atoms. The molecule has 3 heterocycles. The third kappa shape index (κ3) is 4.44. The molecule has 1 unspecified atom stereocenters. The average Bonchev–Trinajstić information content (AvgIpc) is 3.13. The standard InChI is InChI=1S/C23H25F2N3O3/c24-18-2-1-3-19(25)20(18)22(30)28-14-17(23(15-28)7-12-31-13-8-23)21(29)27-11-6-16-4-9-26-10-5-16/h1-5,9-10,17H,6-8,11-15H2,(H,27,29). The number of nitrogens with one attached hydrogen (secondary N) is 1. The molecule has 1 atom stereocenters. The van der Waals surface area contributed by atoms with E-state index in [4.69, 9.17) is 4.74 Å². The molecule has 2 aromatic rings. The molecule has 0 bridgehead atoms. The van der Waals surface area contributed by atoms with E-state index in [2.05, 4.69) is 10.3 Å². The molecule has 1 N–H and O–H groups in total. The van der Waals surface area contributed by atoms with Crippen LogP contribution in [0.4, 0.5) is 8.78 Å². The lowest BCUT2D eigenvalue weighted by molar-refractivity contribution is -0.129. The van der Waals surface area contributed by atoms with Crippen LogP contribution < -0.4 is 5.32 Å². The number of halogens is 2. The predicted octanol–water partition coefficient (Wildman–Crippen LogP) is 2.59. The number of likely N-dealkylation sites (tertiary alicyclic amines) is 1. The molecule has 0 radical (unpaired) electrons. The van der Waals surface area contributed by atoms with Crippen molar-refractivity contribution in [2.75, 3.05) is 32.8 Å². The van der Waals surface area contributed by atoms with Crippen LogP contribution in [0, 0.1) is 23.0 Å². The zero-order valence-corrected chi connectivity index (χ0v) is 17.2. The SMILES string of the molecule is O=C(NCCc1ccncc1)C1CN(C(=O)c2c(F)cccc2F)CC12CCOCC2. The van der Waals surface area contributed by atoms with Gasteiger partial charge in [0.05, 0.1) is 5.92 Å². The molecular weight excluding hydrogens is 404 g/mol. The highest BCUT2D eigenvalue weighted by atomic mass is 19.1. The van der Waals surface area contributed by atoms with Crippen LogP contribution in [-0.2, 0) is 16.0 Å². The summed E-state index contributed by atoms with van der Waals surface area (Å²) in [7, 11) is 0. The van der Waals surface area contributed by atoms with E-state index in [1.165, 1.54) is 11.0 Å². The molecule has 8 heteroatoms. The summed E-state index contributed by atoms with van der Waals surface area (Å²) in [4.78, 5) is 31.5. The summed E-state index contributed by atoms with van der Waals surface area (Å²) < 4.78 is 33.8. The molecule has 1 aromatic heterocycles. The minimum absolute atomic E-state index is 0.133. The monoisotopic (exact) mass is 429 g/mol. The van der Waals surface area contributed by atoms with Crippen LogP contribution in [0.3, 0.4) is 0 Å². The van der Waals surface area contributed by atoms with Gasteiger partial charge in [0.2, 0.25) is 5.91 Å². The van der Waals surface area contributed by atoms with Crippen LogP contribution in [0.15, 0.2) is 42.7 Å². The zero-order chi connectivity index (χ0) is 21.8. The molecule has 2 fully saturated rings. The topological polar surface area (TPSA) is 71.5 Å². The number of benzene rings is 1. The Balaban J connectivity index is 1.49. The van der Waals surface area contributed by atoms with E-state index in [0.29, 0.717) is 39.0 Å². The lowest BCUT2D eigenvalue weighted by Crippen LogP contribution is -2.44. The quantitative estimate of drug-likeness (QED) is 0.793. The Hall–Kier alpha value is -2.87. The minimum atomic E-state index is -0.892. The number of carbonyl (C=O) groups is 2. The Labute approximate surface area is 179 Å². The lowest BCUT2D eigenvalue weighted by Gasteiger charge is -2.37. The van der Waals surface area contributed by atoms with Gasteiger partial charge in [-0.25, -0.2) is 8.78 Å². The molecule has 2 saturated heterocycles. The van der Waals surface area contributed by atoms with Gasteiger partial charge in [0, 0.05) is 50.7 Å². The zero-order valence-electron chi connectivity index (χ0n) is 17.2. The van der Waals surface area contributed by atoms with Crippen molar-refractivity contribution in [2.45, 2.75) is 19.3 Å². The second kappa shape index (κ2) is 9.09. The van der Waals surface area contributed by atoms with Crippen molar-refractivity contribution >= 4 is 11.8 Å². The van der Waals surface area contributed by atoms with Gasteiger partial charge in [0.1, 0.15) is 17.2 Å². The molecule has 2 aliphatic rings. The predicted molar refractivity (Wildman–Crippen MR) is 109 cm³/mol. The van der Waals surface area contributed by atoms with Gasteiger partial charge in [0.15, 0.2) is 0 Å². The maximum Gasteiger partial charge on any atom is 0.259 e. The van der Waals surface area contributed by atoms with Gasteiger partial charge in [-0.15, -0.1) is 0 Å². The van der Waals surface area contributed by atoms with Crippen LogP contribution in [0.1, 0.15) is 28.8 Å². The fourth-order valence-electron chi connectivity index (χ4n) is 4.63. The number of amides is 2. The van der Waals surface area contributed by atoms with Crippen LogP contribution in [0.5, 0.6) is 0 Å². The van der Waals surface area contributed by atoms with Gasteiger partial charge in [-0.2, -0.15) is 0 Å². The minimum Gasteiger partial charge on any atom is -0.381 e. The Kier molecular flexibility index (Phi) is 6.27. The maximum atomic E-state index is 14.2. The summed E-state index contributed by atoms with van der Waals surface area (Å²) in [6, 6.07) is 7.15. The number of nitrogens with zero attached hydrogens (tertiary/aromatic N) is 2. The van der Waals surface area contributed by atoms with Gasteiger partial charge in [-0.3, -0.25) is 14.6 Å². The van der Waals surface area contributed by atoms with Crippen LogP contribution in [-0.4, -0.2) is 54.5 Å². The first kappa shape index (κ1) is 21.4. The van der Waals surface area contributed by atoms with E-state index >= 15 is 0 Å². The first-order valence-electron chi connectivity index (χ1n) is 10.5. The highest BCUT2D eigenvalue weighted by molar-refractivity contribution is 5.95. The first-order valence-corrected chi connectivity index (χ1v) is 10.5. The van der Waals surface area contributed by atoms with E-state index in [1.54, 1.807) is 12.4 Å². The van der Waals surface area contributed by atoms with Gasteiger partial charge >= 0.3 is 0 Å². The lowest BCUT2D eigenvalue weighted by atomic mass is 9.71. The maximum absolute atomic E-state index is 14.2. The number of pyridine rings is 1. The van der Waals surface area contributed by atoms with E-state index in [9.17, 15) is 18.4 Å². The van der Waals surface area contributed by atoms with Crippen LogP contribution >= 0.6 is 0 Å². The summed E-state index contributed by atoms with van der Waals surface area (Å²) in [6.45, 7) is 1.87. The highest BCUT2D eigenvalue weighted by Crippen LogP contribution is 2.45. The van der Waals surface area contributed by atoms with Crippen molar-refractivity contribution in [3.05, 3.63) is 65.5 Å². The second-order valence-electron chi connectivity index (χ2n) is 8.21. The van der Waals surface area contributed by atoms with Gasteiger partial charge in [0.25, 0.3) is 5.91 Å². The fraction of sp³-hybridized carbons (Fsp3) is 0.435. The Morgan fingerprint density at radius 2 is 1.81 bits per heavy atom. The van der Waals surface area contributed by atoms with Crippen molar-refractivity contribution in [1.82, 2.24) is 15.2 Å². The Bertz CT molecular complexity index is 928. The second-order valence-corrected chi connectivity index (χ2v) is 8.21. The molecule has 2 amide bonds. The van der Waals surface area contributed by atoms with Gasteiger partial charge in [-0.1, -0.05) is 6.07 Å². The molecule has 0 saturated carbocycles. The number of hydrogen-bond acceptors (Lipinski definition) is 4. The van der Waals surface area contributed by atoms with E-state index in [-0.39, 0.29) is 19.0 Å². The molecule has 1 spiro atoms. The van der Waals surface area contributed by atoms with Crippen molar-refractivity contribution < 1.29 is 23.1 Å². The molecule has 164 valence electrons. The van der Waals surface area contributed by atoms with Gasteiger partial charge < -0.3 is 15.0 Å². The van der Waals surface area contributed by atoms with Crippen molar-refractivity contribution in [2.24, 2.45) is 11.3 Å². The first-order chi connectivity index (χ1) is 15.0. The summed E-state index contributed by atoms with van der Waals surface area (Å²) in [5.41, 5.74) is 0.0499. The normalized spacial score (nSPS) is 20.1. The third-order valence-electron chi connectivity index (χ3n) is 6.38. The van der Waals surface area contributed by atoms with E-state index in [0.717, 1.165) is 17.7 Å². The number of ether oxygens (including phenoxy) is 1. The molecular formula is C23H25F2N3O3. The molecule has 1 aromatic carbocycles.